The molecule has 0 atom stereocenters. The molecule has 1 aliphatic rings. The largest absolute Gasteiger partial charge is 0.162 e. The summed E-state index contributed by atoms with van der Waals surface area (Å²) in [6.45, 7) is 0. The van der Waals surface area contributed by atoms with Crippen LogP contribution < -0.4 is 0 Å². The minimum Gasteiger partial charge on any atom is -0.162 e. The van der Waals surface area contributed by atoms with Gasteiger partial charge in [0.25, 0.3) is 0 Å². The highest BCUT2D eigenvalue weighted by molar-refractivity contribution is 9.09. The number of hydrogen-bond donors (Lipinski definition) is 0. The van der Waals surface area contributed by atoms with E-state index in [1.54, 1.807) is 0 Å². The van der Waals surface area contributed by atoms with Gasteiger partial charge in [0.2, 0.25) is 0 Å². The maximum atomic E-state index is 2.16. The summed E-state index contributed by atoms with van der Waals surface area (Å²) in [6.07, 6.45) is 8.58. The van der Waals surface area contributed by atoms with Crippen molar-refractivity contribution in [1.29, 1.82) is 0 Å². The molecule has 14 heavy (non-hydrogen) atoms. The Bertz CT molecular complexity index is 65.4. The van der Waals surface area contributed by atoms with E-state index >= 15 is 0 Å². The molecule has 1 aliphatic heterocycles. The third kappa shape index (κ3) is 8.69. The van der Waals surface area contributed by atoms with Crippen molar-refractivity contribution in [2.24, 2.45) is 0 Å². The Labute approximate surface area is 104 Å². The molecule has 1 fully saturated rings. The Morgan fingerprint density at radius 3 is 1.71 bits per heavy atom. The van der Waals surface area contributed by atoms with E-state index < -0.39 is 0 Å². The zero-order chi connectivity index (χ0) is 9.90. The van der Waals surface area contributed by atoms with Gasteiger partial charge in [0.05, 0.1) is 0 Å². The highest BCUT2D eigenvalue weighted by Crippen LogP contribution is 2.35. The van der Waals surface area contributed by atoms with E-state index in [2.05, 4.69) is 33.3 Å². The molecule has 4 heteroatoms. The molecule has 0 aromatic carbocycles. The summed E-state index contributed by atoms with van der Waals surface area (Å²) in [4.78, 5) is 0. The fourth-order valence-corrected chi connectivity index (χ4v) is 6.31. The van der Waals surface area contributed by atoms with E-state index in [-0.39, 0.29) is 0 Å². The standard InChI is InChI=1S/C10H20S4/c1-2-4-9-12-14-13-10-6-5-8-11-7-3-1/h1-10H2. The second-order valence-electron chi connectivity index (χ2n) is 3.45. The molecule has 0 aromatic heterocycles. The van der Waals surface area contributed by atoms with Crippen LogP contribution in [-0.2, 0) is 0 Å². The lowest BCUT2D eigenvalue weighted by atomic mass is 10.2. The van der Waals surface area contributed by atoms with E-state index in [0.29, 0.717) is 0 Å². The second kappa shape index (κ2) is 10.9. The Hall–Kier alpha value is 1.40. The predicted molar refractivity (Wildman–Crippen MR) is 77.5 cm³/mol. The van der Waals surface area contributed by atoms with Crippen molar-refractivity contribution in [3.8, 4) is 0 Å². The summed E-state index contributed by atoms with van der Waals surface area (Å²) in [5.41, 5.74) is 0. The van der Waals surface area contributed by atoms with Crippen molar-refractivity contribution in [2.45, 2.75) is 38.5 Å². The molecule has 0 bridgehead atoms. The first kappa shape index (κ1) is 13.5. The molecule has 84 valence electrons. The molecular formula is C10H20S4. The average molecular weight is 269 g/mol. The molecule has 1 saturated heterocycles. The molecular weight excluding hydrogens is 248 g/mol. The van der Waals surface area contributed by atoms with Gasteiger partial charge in [-0.2, -0.15) is 11.8 Å². The van der Waals surface area contributed by atoms with E-state index in [4.69, 9.17) is 0 Å². The minimum atomic E-state index is 1.35. The number of hydrogen-bond acceptors (Lipinski definition) is 4. The number of rotatable bonds is 0. The van der Waals surface area contributed by atoms with Gasteiger partial charge in [-0.05, 0) is 47.0 Å². The van der Waals surface area contributed by atoms with E-state index in [1.807, 2.05) is 9.83 Å². The topological polar surface area (TPSA) is 0 Å². The van der Waals surface area contributed by atoms with Crippen molar-refractivity contribution in [2.75, 3.05) is 23.0 Å². The van der Waals surface area contributed by atoms with Gasteiger partial charge in [-0.3, -0.25) is 0 Å². The van der Waals surface area contributed by atoms with Gasteiger partial charge >= 0.3 is 0 Å². The average Bonchev–Trinajstić information content (AvgIpc) is 2.22. The Morgan fingerprint density at radius 1 is 0.500 bits per heavy atom. The van der Waals surface area contributed by atoms with Crippen LogP contribution in [0.4, 0.5) is 0 Å². The van der Waals surface area contributed by atoms with Crippen LogP contribution in [0.25, 0.3) is 0 Å². The molecule has 0 unspecified atom stereocenters. The van der Waals surface area contributed by atoms with E-state index in [9.17, 15) is 0 Å². The van der Waals surface area contributed by atoms with Gasteiger partial charge in [0, 0.05) is 11.5 Å². The van der Waals surface area contributed by atoms with Gasteiger partial charge in [-0.15, -0.1) is 0 Å². The van der Waals surface area contributed by atoms with Crippen LogP contribution in [0.15, 0.2) is 0 Å². The maximum absolute atomic E-state index is 2.16. The van der Waals surface area contributed by atoms with Crippen molar-refractivity contribution in [1.82, 2.24) is 0 Å². The summed E-state index contributed by atoms with van der Waals surface area (Å²) in [5.74, 6) is 5.48. The Morgan fingerprint density at radius 2 is 1.00 bits per heavy atom. The first-order valence-corrected chi connectivity index (χ1v) is 10.5. The van der Waals surface area contributed by atoms with Crippen molar-refractivity contribution in [3.63, 3.8) is 0 Å². The molecule has 0 saturated carbocycles. The van der Waals surface area contributed by atoms with E-state index in [0.717, 1.165) is 0 Å². The van der Waals surface area contributed by atoms with Gasteiger partial charge in [0.15, 0.2) is 0 Å². The third-order valence-corrected chi connectivity index (χ3v) is 7.70. The summed E-state index contributed by atoms with van der Waals surface area (Å²) in [6, 6.07) is 0. The fraction of sp³-hybridized carbons (Fsp3) is 1.00. The predicted octanol–water partition coefficient (Wildman–Crippen LogP) is 5.10. The molecule has 0 N–H and O–H groups in total. The highest BCUT2D eigenvalue weighted by atomic mass is 33.5. The second-order valence-corrected chi connectivity index (χ2v) is 9.14. The first-order chi connectivity index (χ1) is 7.00. The fourth-order valence-electron chi connectivity index (χ4n) is 1.29. The van der Waals surface area contributed by atoms with Gasteiger partial charge < -0.3 is 0 Å². The molecule has 0 nitrogen and oxygen atoms in total. The van der Waals surface area contributed by atoms with Crippen LogP contribution in [-0.4, -0.2) is 23.0 Å². The van der Waals surface area contributed by atoms with Crippen molar-refractivity contribution < 1.29 is 0 Å². The van der Waals surface area contributed by atoms with Crippen LogP contribution in [0.1, 0.15) is 38.5 Å². The van der Waals surface area contributed by atoms with Crippen LogP contribution in [0, 0.1) is 0 Å². The lowest BCUT2D eigenvalue weighted by molar-refractivity contribution is 0.711. The van der Waals surface area contributed by atoms with Crippen LogP contribution in [0.2, 0.25) is 0 Å². The Kier molecular flexibility index (Phi) is 10.5. The SMILES string of the molecule is C1CCCSSSCCCCSCC1. The molecule has 1 rings (SSSR count). The molecule has 0 spiro atoms. The van der Waals surface area contributed by atoms with Gasteiger partial charge in [-0.25, -0.2) is 0 Å². The van der Waals surface area contributed by atoms with Crippen LogP contribution in [0.3, 0.4) is 0 Å². The summed E-state index contributed by atoms with van der Waals surface area (Å²) in [5, 5.41) is 0. The van der Waals surface area contributed by atoms with Crippen molar-refractivity contribution >= 4 is 43.2 Å². The molecule has 0 radical (unpaired) electrons. The third-order valence-electron chi connectivity index (χ3n) is 2.13. The normalized spacial score (nSPS) is 24.0. The minimum absolute atomic E-state index is 1.35. The lowest BCUT2D eigenvalue weighted by Crippen LogP contribution is -1.88. The maximum Gasteiger partial charge on any atom is 0.00454 e. The summed E-state index contributed by atoms with van der Waals surface area (Å²) >= 11 is 2.16. The molecule has 0 aliphatic carbocycles. The number of thioether (sulfide) groups is 1. The van der Waals surface area contributed by atoms with Gasteiger partial charge in [-0.1, -0.05) is 34.4 Å². The van der Waals surface area contributed by atoms with Gasteiger partial charge in [0.1, 0.15) is 0 Å². The molecule has 1 heterocycles. The smallest absolute Gasteiger partial charge is 0.00454 e. The van der Waals surface area contributed by atoms with Crippen LogP contribution in [0.5, 0.6) is 0 Å². The lowest BCUT2D eigenvalue weighted by Gasteiger charge is -2.05. The molecule has 0 aromatic rings. The molecule has 0 amide bonds. The first-order valence-electron chi connectivity index (χ1n) is 5.49. The van der Waals surface area contributed by atoms with Crippen LogP contribution >= 0.6 is 43.2 Å². The zero-order valence-electron chi connectivity index (χ0n) is 8.70. The quantitative estimate of drug-likeness (QED) is 0.560. The zero-order valence-corrected chi connectivity index (χ0v) is 12.0. The van der Waals surface area contributed by atoms with Crippen molar-refractivity contribution in [3.05, 3.63) is 0 Å². The Balaban J connectivity index is 2.00. The summed E-state index contributed by atoms with van der Waals surface area (Å²) in [7, 11) is 6.11. The van der Waals surface area contributed by atoms with E-state index in [1.165, 1.54) is 61.5 Å². The monoisotopic (exact) mass is 268 g/mol. The summed E-state index contributed by atoms with van der Waals surface area (Å²) < 4.78 is 0. The highest BCUT2D eigenvalue weighted by Gasteiger charge is 1.97.